The molecule has 152 valence electrons. The van der Waals surface area contributed by atoms with Crippen LogP contribution in [-0.2, 0) is 9.59 Å². The minimum Gasteiger partial charge on any atom is -0.478 e. The maximum absolute atomic E-state index is 13.7. The zero-order valence-electron chi connectivity index (χ0n) is 16.8. The highest BCUT2D eigenvalue weighted by Crippen LogP contribution is 2.61. The smallest absolute Gasteiger partial charge is 0.337 e. The molecule has 2 bridgehead atoms. The quantitative estimate of drug-likeness (QED) is 0.647. The number of aryl methyl sites for hydroxylation is 1. The van der Waals surface area contributed by atoms with E-state index < -0.39 is 17.8 Å². The third-order valence-corrected chi connectivity index (χ3v) is 7.07. The second-order valence-electron chi connectivity index (χ2n) is 8.60. The second-order valence-corrected chi connectivity index (χ2v) is 8.60. The number of aromatic carboxylic acids is 1. The summed E-state index contributed by atoms with van der Waals surface area (Å²) in [4.78, 5) is 40.5. The van der Waals surface area contributed by atoms with Crippen LogP contribution in [0.1, 0.15) is 50.0 Å². The number of anilines is 1. The van der Waals surface area contributed by atoms with Gasteiger partial charge in [0.15, 0.2) is 0 Å². The summed E-state index contributed by atoms with van der Waals surface area (Å²) in [5.41, 5.74) is 5.28. The lowest BCUT2D eigenvalue weighted by molar-refractivity contribution is -0.122. The first kappa shape index (κ1) is 18.1. The molecule has 7 rings (SSSR count). The van der Waals surface area contributed by atoms with Crippen molar-refractivity contribution in [2.75, 3.05) is 4.90 Å². The van der Waals surface area contributed by atoms with E-state index >= 15 is 0 Å². The van der Waals surface area contributed by atoms with Crippen molar-refractivity contribution in [1.82, 2.24) is 0 Å². The number of nitrogens with zero attached hydrogens (tertiary/aromatic N) is 1. The van der Waals surface area contributed by atoms with Gasteiger partial charge in [0, 0.05) is 11.8 Å². The molecule has 1 saturated heterocycles. The van der Waals surface area contributed by atoms with Crippen LogP contribution in [0.25, 0.3) is 0 Å². The molecule has 3 aliphatic carbocycles. The Morgan fingerprint density at radius 2 is 1.23 bits per heavy atom. The molecule has 1 heterocycles. The number of carbonyl (C=O) groups excluding carboxylic acids is 2. The van der Waals surface area contributed by atoms with E-state index in [9.17, 15) is 19.5 Å². The second kappa shape index (κ2) is 6.14. The number of hydrogen-bond acceptors (Lipinski definition) is 3. The monoisotopic (exact) mass is 409 g/mol. The number of hydrogen-bond donors (Lipinski definition) is 1. The van der Waals surface area contributed by atoms with Crippen LogP contribution in [0.4, 0.5) is 5.69 Å². The summed E-state index contributed by atoms with van der Waals surface area (Å²) in [7, 11) is 0. The maximum atomic E-state index is 13.7. The highest BCUT2D eigenvalue weighted by Gasteiger charge is 2.62. The molecule has 31 heavy (non-hydrogen) atoms. The Kier molecular flexibility index (Phi) is 3.58. The van der Waals surface area contributed by atoms with Crippen LogP contribution >= 0.6 is 0 Å². The average Bonchev–Trinajstić information content (AvgIpc) is 3.04. The Morgan fingerprint density at radius 1 is 0.774 bits per heavy atom. The largest absolute Gasteiger partial charge is 0.478 e. The number of carbonyl (C=O) groups is 3. The number of carboxylic acids is 1. The predicted molar refractivity (Wildman–Crippen MR) is 114 cm³/mol. The summed E-state index contributed by atoms with van der Waals surface area (Å²) in [6.45, 7) is 1.79. The Morgan fingerprint density at radius 3 is 1.65 bits per heavy atom. The minimum atomic E-state index is -1.15. The zero-order valence-corrected chi connectivity index (χ0v) is 16.8. The Hall–Kier alpha value is -3.73. The lowest BCUT2D eigenvalue weighted by Crippen LogP contribution is -2.41. The molecule has 1 N–H and O–H groups in total. The Bertz CT molecular complexity index is 1190. The zero-order chi connectivity index (χ0) is 21.4. The van der Waals surface area contributed by atoms with Crippen LogP contribution in [0.3, 0.4) is 0 Å². The van der Waals surface area contributed by atoms with Crippen molar-refractivity contribution < 1.29 is 19.5 Å². The van der Waals surface area contributed by atoms with Crippen LogP contribution in [0.5, 0.6) is 0 Å². The number of benzene rings is 3. The van der Waals surface area contributed by atoms with Crippen LogP contribution in [0.2, 0.25) is 0 Å². The van der Waals surface area contributed by atoms with Gasteiger partial charge in [0.1, 0.15) is 0 Å². The third kappa shape index (κ3) is 2.23. The van der Waals surface area contributed by atoms with E-state index in [0.717, 1.165) is 32.7 Å². The fraction of sp³-hybridized carbons (Fsp3) is 0.192. The van der Waals surface area contributed by atoms with Crippen molar-refractivity contribution in [3.63, 3.8) is 0 Å². The summed E-state index contributed by atoms with van der Waals surface area (Å²) >= 11 is 0. The number of amides is 2. The highest BCUT2D eigenvalue weighted by molar-refractivity contribution is 6.25. The lowest BCUT2D eigenvalue weighted by atomic mass is 9.55. The Balaban J connectivity index is 1.57. The van der Waals surface area contributed by atoms with E-state index in [1.54, 1.807) is 19.1 Å². The third-order valence-electron chi connectivity index (χ3n) is 7.07. The van der Waals surface area contributed by atoms with Crippen LogP contribution in [-0.4, -0.2) is 22.9 Å². The van der Waals surface area contributed by atoms with Gasteiger partial charge in [-0.1, -0.05) is 60.2 Å². The van der Waals surface area contributed by atoms with Crippen molar-refractivity contribution in [2.45, 2.75) is 18.8 Å². The molecule has 4 aliphatic rings. The highest BCUT2D eigenvalue weighted by atomic mass is 16.4. The maximum Gasteiger partial charge on any atom is 0.337 e. The first-order valence-corrected chi connectivity index (χ1v) is 10.4. The molecule has 0 radical (unpaired) electrons. The number of imide groups is 1. The van der Waals surface area contributed by atoms with Crippen LogP contribution < -0.4 is 4.90 Å². The van der Waals surface area contributed by atoms with Gasteiger partial charge in [-0.05, 0) is 41.3 Å². The van der Waals surface area contributed by atoms with Gasteiger partial charge in [0.2, 0.25) is 11.8 Å². The molecule has 0 aromatic heterocycles. The molecular formula is C26H19NO4. The van der Waals surface area contributed by atoms with Crippen molar-refractivity contribution in [3.8, 4) is 0 Å². The first-order valence-electron chi connectivity index (χ1n) is 10.4. The fourth-order valence-electron chi connectivity index (χ4n) is 5.93. The molecule has 5 heteroatoms. The molecule has 3 aromatic rings. The molecular weight excluding hydrogens is 390 g/mol. The van der Waals surface area contributed by atoms with Crippen molar-refractivity contribution in [2.24, 2.45) is 11.8 Å². The van der Waals surface area contributed by atoms with E-state index in [4.69, 9.17) is 0 Å². The lowest BCUT2D eigenvalue weighted by Gasteiger charge is -2.45. The Labute approximate surface area is 178 Å². The van der Waals surface area contributed by atoms with Gasteiger partial charge in [-0.15, -0.1) is 0 Å². The molecule has 2 atom stereocenters. The van der Waals surface area contributed by atoms with Gasteiger partial charge in [0.05, 0.1) is 23.1 Å². The molecule has 3 aromatic carbocycles. The molecule has 0 spiro atoms. The van der Waals surface area contributed by atoms with Gasteiger partial charge in [-0.2, -0.15) is 0 Å². The summed E-state index contributed by atoms with van der Waals surface area (Å²) in [6, 6.07) is 20.9. The van der Waals surface area contributed by atoms with E-state index in [1.807, 2.05) is 48.5 Å². The standard InChI is InChI=1S/C26H19NO4/c1-13-10-11-19(18(12-13)26(30)31)27-24(28)22-20-14-6-2-3-7-15(14)21(23(22)25(27)29)17-9-5-4-8-16(17)20/h2-12,20-23H,1H3,(H,30,31). The van der Waals surface area contributed by atoms with Gasteiger partial charge >= 0.3 is 5.97 Å². The molecule has 0 saturated carbocycles. The van der Waals surface area contributed by atoms with E-state index in [2.05, 4.69) is 0 Å². The average molecular weight is 409 g/mol. The topological polar surface area (TPSA) is 74.7 Å². The molecule has 1 aliphatic heterocycles. The van der Waals surface area contributed by atoms with Gasteiger partial charge in [-0.3, -0.25) is 9.59 Å². The van der Waals surface area contributed by atoms with Gasteiger partial charge in [-0.25, -0.2) is 9.69 Å². The van der Waals surface area contributed by atoms with Crippen LogP contribution in [0.15, 0.2) is 66.7 Å². The van der Waals surface area contributed by atoms with Crippen molar-refractivity contribution in [3.05, 3.63) is 100 Å². The summed E-state index contributed by atoms with van der Waals surface area (Å²) < 4.78 is 0. The van der Waals surface area contributed by atoms with E-state index in [0.29, 0.717) is 0 Å². The first-order chi connectivity index (χ1) is 15.0. The molecule has 2 amide bonds. The van der Waals surface area contributed by atoms with E-state index in [1.165, 1.54) is 6.07 Å². The molecule has 2 unspecified atom stereocenters. The SMILES string of the molecule is Cc1ccc(N2C(=O)C3C4c5ccccc5C(c5ccccc54)C3C2=O)c(C(=O)O)c1. The summed E-state index contributed by atoms with van der Waals surface area (Å²) in [5.74, 6) is -3.22. The number of rotatable bonds is 2. The van der Waals surface area contributed by atoms with Crippen molar-refractivity contribution in [1.29, 1.82) is 0 Å². The van der Waals surface area contributed by atoms with Gasteiger partial charge < -0.3 is 5.11 Å². The van der Waals surface area contributed by atoms with Gasteiger partial charge in [0.25, 0.3) is 0 Å². The summed E-state index contributed by atoms with van der Waals surface area (Å²) in [5, 5.41) is 9.73. The normalized spacial score (nSPS) is 25.3. The molecule has 1 fully saturated rings. The fourth-order valence-corrected chi connectivity index (χ4v) is 5.93. The number of carboxylic acid groups (broad SMARTS) is 1. The summed E-state index contributed by atoms with van der Waals surface area (Å²) in [6.07, 6.45) is 0. The minimum absolute atomic E-state index is 0.0253. The predicted octanol–water partition coefficient (Wildman–Crippen LogP) is 4.09. The molecule has 5 nitrogen and oxygen atoms in total. The van der Waals surface area contributed by atoms with E-state index in [-0.39, 0.29) is 34.9 Å². The van der Waals surface area contributed by atoms with Crippen LogP contribution in [0, 0.1) is 18.8 Å². The van der Waals surface area contributed by atoms with Crippen molar-refractivity contribution >= 4 is 23.5 Å².